The molecular weight excluding hydrogens is 398 g/mol. The van der Waals surface area contributed by atoms with Gasteiger partial charge in [-0.3, -0.25) is 0 Å². The van der Waals surface area contributed by atoms with Crippen molar-refractivity contribution in [2.24, 2.45) is 4.99 Å². The number of rotatable bonds is 3. The van der Waals surface area contributed by atoms with Gasteiger partial charge in [0.15, 0.2) is 0 Å². The molecule has 0 spiro atoms. The van der Waals surface area contributed by atoms with Gasteiger partial charge in [-0.05, 0) is 35.4 Å². The van der Waals surface area contributed by atoms with E-state index in [4.69, 9.17) is 0 Å². The van der Waals surface area contributed by atoms with E-state index in [-0.39, 0.29) is 6.17 Å². The highest BCUT2D eigenvalue weighted by molar-refractivity contribution is 9.10. The Morgan fingerprint density at radius 3 is 2.14 bits per heavy atom. The Balaban J connectivity index is 1.79. The molecule has 2 aromatic rings. The monoisotopic (exact) mass is 409 g/mol. The Labute approximate surface area is 139 Å². The number of nitrogens with zero attached hydrogens (tertiary/aromatic N) is 1. The van der Waals surface area contributed by atoms with Crippen LogP contribution in [-0.2, 0) is 0 Å². The maximum Gasteiger partial charge on any atom is 0.147 e. The number of benzene rings is 2. The Hall–Kier alpha value is -1.21. The van der Waals surface area contributed by atoms with Gasteiger partial charge in [-0.2, -0.15) is 0 Å². The second kappa shape index (κ2) is 6.27. The van der Waals surface area contributed by atoms with Crippen LogP contribution in [0.3, 0.4) is 0 Å². The number of aliphatic hydroxyl groups is 1. The average molecular weight is 411 g/mol. The molecule has 21 heavy (non-hydrogen) atoms. The van der Waals surface area contributed by atoms with Crippen molar-refractivity contribution in [1.29, 1.82) is 0 Å². The minimum atomic E-state index is -0.772. The third kappa shape index (κ3) is 3.35. The highest BCUT2D eigenvalue weighted by Crippen LogP contribution is 2.24. The Morgan fingerprint density at radius 2 is 1.52 bits per heavy atom. The molecule has 108 valence electrons. The van der Waals surface area contributed by atoms with Crippen molar-refractivity contribution in [1.82, 2.24) is 10.9 Å². The van der Waals surface area contributed by atoms with E-state index in [1.54, 1.807) is 0 Å². The SMILES string of the molecule is OC(C1=NC(c2ccc(Br)cc2)NN1)c1ccc(Br)cc1. The molecule has 0 aliphatic carbocycles. The quantitative estimate of drug-likeness (QED) is 0.726. The van der Waals surface area contributed by atoms with Crippen molar-refractivity contribution in [3.8, 4) is 0 Å². The van der Waals surface area contributed by atoms with Gasteiger partial charge in [0.25, 0.3) is 0 Å². The number of hydrogen-bond acceptors (Lipinski definition) is 4. The van der Waals surface area contributed by atoms with Crippen LogP contribution in [0.15, 0.2) is 62.5 Å². The first-order chi connectivity index (χ1) is 10.1. The first kappa shape index (κ1) is 14.7. The lowest BCUT2D eigenvalue weighted by atomic mass is 10.1. The Morgan fingerprint density at radius 1 is 0.952 bits per heavy atom. The summed E-state index contributed by atoms with van der Waals surface area (Å²) in [5, 5.41) is 10.4. The van der Waals surface area contributed by atoms with E-state index in [9.17, 15) is 5.11 Å². The molecule has 6 heteroatoms. The molecule has 0 aromatic heterocycles. The summed E-state index contributed by atoms with van der Waals surface area (Å²) in [5.74, 6) is 0.519. The molecule has 0 amide bonds. The van der Waals surface area contributed by atoms with E-state index in [0.717, 1.165) is 20.1 Å². The van der Waals surface area contributed by atoms with E-state index in [1.807, 2.05) is 48.5 Å². The zero-order valence-electron chi connectivity index (χ0n) is 10.9. The van der Waals surface area contributed by atoms with Crippen LogP contribution in [-0.4, -0.2) is 10.9 Å². The van der Waals surface area contributed by atoms with Gasteiger partial charge in [0, 0.05) is 8.95 Å². The lowest BCUT2D eigenvalue weighted by Crippen LogP contribution is -2.34. The fourth-order valence-electron chi connectivity index (χ4n) is 2.09. The maximum atomic E-state index is 10.4. The van der Waals surface area contributed by atoms with Gasteiger partial charge in [0.1, 0.15) is 18.1 Å². The summed E-state index contributed by atoms with van der Waals surface area (Å²) in [4.78, 5) is 4.50. The largest absolute Gasteiger partial charge is 0.380 e. The summed E-state index contributed by atoms with van der Waals surface area (Å²) in [6.45, 7) is 0. The number of halogens is 2. The molecule has 0 bridgehead atoms. The zero-order chi connectivity index (χ0) is 14.8. The van der Waals surface area contributed by atoms with E-state index in [1.165, 1.54) is 0 Å². The second-order valence-electron chi connectivity index (χ2n) is 4.69. The minimum absolute atomic E-state index is 0.196. The predicted octanol–water partition coefficient (Wildman–Crippen LogP) is 3.45. The van der Waals surface area contributed by atoms with Crippen LogP contribution in [0, 0.1) is 0 Å². The first-order valence-electron chi connectivity index (χ1n) is 6.42. The lowest BCUT2D eigenvalue weighted by molar-refractivity contribution is 0.243. The maximum absolute atomic E-state index is 10.4. The first-order valence-corrected chi connectivity index (χ1v) is 8.00. The molecule has 0 fully saturated rings. The standard InChI is InChI=1S/C15H13Br2N3O/c16-11-5-1-9(2-6-11)13(21)15-18-14(19-20-15)10-3-7-12(17)8-4-10/h1-8,13-14,19,21H,(H,18,20). The molecule has 1 aliphatic rings. The fourth-order valence-corrected chi connectivity index (χ4v) is 2.62. The van der Waals surface area contributed by atoms with Crippen molar-refractivity contribution < 1.29 is 5.11 Å². The molecule has 2 aromatic carbocycles. The summed E-state index contributed by atoms with van der Waals surface area (Å²) in [5.41, 5.74) is 7.85. The number of nitrogens with one attached hydrogen (secondary N) is 2. The summed E-state index contributed by atoms with van der Waals surface area (Å²) in [7, 11) is 0. The predicted molar refractivity (Wildman–Crippen MR) is 89.7 cm³/mol. The van der Waals surface area contributed by atoms with Crippen LogP contribution in [0.25, 0.3) is 0 Å². The van der Waals surface area contributed by atoms with Crippen molar-refractivity contribution in [3.05, 3.63) is 68.6 Å². The van der Waals surface area contributed by atoms with Crippen molar-refractivity contribution >= 4 is 37.7 Å². The van der Waals surface area contributed by atoms with Gasteiger partial charge in [-0.25, -0.2) is 10.4 Å². The van der Waals surface area contributed by atoms with Gasteiger partial charge < -0.3 is 10.5 Å². The highest BCUT2D eigenvalue weighted by atomic mass is 79.9. The summed E-state index contributed by atoms with van der Waals surface area (Å²) in [6, 6.07) is 15.4. The van der Waals surface area contributed by atoms with Crippen molar-refractivity contribution in [2.45, 2.75) is 12.3 Å². The summed E-state index contributed by atoms with van der Waals surface area (Å²) < 4.78 is 2.00. The molecule has 3 N–H and O–H groups in total. The van der Waals surface area contributed by atoms with Crippen LogP contribution < -0.4 is 10.9 Å². The third-order valence-electron chi connectivity index (χ3n) is 3.24. The fraction of sp³-hybridized carbons (Fsp3) is 0.133. The van der Waals surface area contributed by atoms with Crippen LogP contribution >= 0.6 is 31.9 Å². The van der Waals surface area contributed by atoms with Crippen LogP contribution in [0.1, 0.15) is 23.4 Å². The molecular formula is C15H13Br2N3O. The molecule has 0 saturated heterocycles. The van der Waals surface area contributed by atoms with E-state index in [2.05, 4.69) is 47.7 Å². The number of amidine groups is 1. The van der Waals surface area contributed by atoms with Crippen molar-refractivity contribution in [2.75, 3.05) is 0 Å². The molecule has 2 unspecified atom stereocenters. The molecule has 2 atom stereocenters. The van der Waals surface area contributed by atoms with Gasteiger partial charge >= 0.3 is 0 Å². The van der Waals surface area contributed by atoms with Gasteiger partial charge in [-0.15, -0.1) is 0 Å². The normalized spacial score (nSPS) is 19.0. The minimum Gasteiger partial charge on any atom is -0.380 e. The van der Waals surface area contributed by atoms with Crippen LogP contribution in [0.4, 0.5) is 0 Å². The number of aliphatic imine (C=N–C) groups is 1. The lowest BCUT2D eigenvalue weighted by Gasteiger charge is -2.10. The van der Waals surface area contributed by atoms with E-state index < -0.39 is 6.10 Å². The Bertz CT molecular complexity index is 656. The molecule has 1 aliphatic heterocycles. The molecule has 1 heterocycles. The smallest absolute Gasteiger partial charge is 0.147 e. The number of hydrazine groups is 1. The topological polar surface area (TPSA) is 56.7 Å². The van der Waals surface area contributed by atoms with Crippen LogP contribution in [0.5, 0.6) is 0 Å². The zero-order valence-corrected chi connectivity index (χ0v) is 14.1. The van der Waals surface area contributed by atoms with Crippen LogP contribution in [0.2, 0.25) is 0 Å². The van der Waals surface area contributed by atoms with E-state index >= 15 is 0 Å². The molecule has 0 radical (unpaired) electrons. The van der Waals surface area contributed by atoms with Crippen molar-refractivity contribution in [3.63, 3.8) is 0 Å². The number of hydrogen-bond donors (Lipinski definition) is 3. The number of aliphatic hydroxyl groups excluding tert-OH is 1. The third-order valence-corrected chi connectivity index (χ3v) is 4.29. The molecule has 4 nitrogen and oxygen atoms in total. The highest BCUT2D eigenvalue weighted by Gasteiger charge is 2.23. The molecule has 0 saturated carbocycles. The summed E-state index contributed by atoms with van der Waals surface area (Å²) in [6.07, 6.45) is -0.968. The average Bonchev–Trinajstić information content (AvgIpc) is 2.98. The van der Waals surface area contributed by atoms with Gasteiger partial charge in [0.2, 0.25) is 0 Å². The van der Waals surface area contributed by atoms with Gasteiger partial charge in [-0.1, -0.05) is 56.1 Å². The Kier molecular flexibility index (Phi) is 4.40. The molecule has 3 rings (SSSR count). The van der Waals surface area contributed by atoms with E-state index in [0.29, 0.717) is 5.84 Å². The summed E-state index contributed by atoms with van der Waals surface area (Å²) >= 11 is 6.79. The van der Waals surface area contributed by atoms with Gasteiger partial charge in [0.05, 0.1) is 0 Å². The second-order valence-corrected chi connectivity index (χ2v) is 6.52.